The van der Waals surface area contributed by atoms with Crippen LogP contribution in [-0.2, 0) is 4.74 Å². The van der Waals surface area contributed by atoms with Crippen molar-refractivity contribution in [1.29, 1.82) is 0 Å². The molecule has 1 N–H and O–H groups in total. The average molecular weight is 274 g/mol. The molecule has 0 spiro atoms. The molecule has 0 fully saturated rings. The molecule has 0 aliphatic heterocycles. The van der Waals surface area contributed by atoms with Crippen LogP contribution in [-0.4, -0.2) is 31.5 Å². The summed E-state index contributed by atoms with van der Waals surface area (Å²) in [6, 6.07) is 0. The van der Waals surface area contributed by atoms with E-state index < -0.39 is 0 Å². The fraction of sp³-hybridized carbons (Fsp3) is 0.615. The highest BCUT2D eigenvalue weighted by Gasteiger charge is 2.18. The van der Waals surface area contributed by atoms with Crippen LogP contribution in [0.1, 0.15) is 33.9 Å². The topological polar surface area (TPSA) is 51.5 Å². The Morgan fingerprint density at radius 3 is 2.56 bits per heavy atom. The largest absolute Gasteiger partial charge is 0.466 e. The van der Waals surface area contributed by atoms with E-state index in [-0.39, 0.29) is 11.3 Å². The first-order valence-electron chi connectivity index (χ1n) is 5.95. The monoisotopic (exact) mass is 273 g/mol. The minimum atomic E-state index is -0.108. The molecule has 0 aliphatic carbocycles. The predicted octanol–water partition coefficient (Wildman–Crippen LogP) is 2.58. The summed E-state index contributed by atoms with van der Waals surface area (Å²) in [5.41, 5.74) is 1.52. The maximum Gasteiger partial charge on any atom is 0.255 e. The molecular weight excluding hydrogens is 254 g/mol. The molecule has 4 nitrogen and oxygen atoms in total. The van der Waals surface area contributed by atoms with Crippen LogP contribution in [0.25, 0.3) is 0 Å². The van der Waals surface area contributed by atoms with E-state index in [0.717, 1.165) is 11.3 Å². The molecule has 102 valence electrons. The summed E-state index contributed by atoms with van der Waals surface area (Å²) in [7, 11) is 1.61. The van der Waals surface area contributed by atoms with Crippen LogP contribution in [0.4, 0.5) is 0 Å². The van der Waals surface area contributed by atoms with Crippen LogP contribution >= 0.6 is 11.6 Å². The van der Waals surface area contributed by atoms with Crippen LogP contribution in [0.2, 0.25) is 0 Å². The number of alkyl halides is 1. The number of carbonyl (C=O) groups is 1. The van der Waals surface area contributed by atoms with Gasteiger partial charge in [-0.25, -0.2) is 0 Å². The summed E-state index contributed by atoms with van der Waals surface area (Å²) in [6.07, 6.45) is 0.677. The van der Waals surface area contributed by atoms with Crippen molar-refractivity contribution in [1.82, 2.24) is 5.32 Å². The predicted molar refractivity (Wildman–Crippen MR) is 71.4 cm³/mol. The number of hydrogen-bond acceptors (Lipinski definition) is 3. The number of nitrogens with one attached hydrogen (secondary N) is 1. The summed E-state index contributed by atoms with van der Waals surface area (Å²) >= 11 is 5.98. The maximum absolute atomic E-state index is 12.0. The first-order valence-corrected chi connectivity index (χ1v) is 6.38. The summed E-state index contributed by atoms with van der Waals surface area (Å²) in [5, 5.41) is 2.76. The van der Waals surface area contributed by atoms with E-state index in [1.165, 1.54) is 0 Å². The van der Waals surface area contributed by atoms with Crippen LogP contribution in [0.5, 0.6) is 0 Å². The first-order chi connectivity index (χ1) is 8.47. The van der Waals surface area contributed by atoms with Gasteiger partial charge in [0.05, 0.1) is 17.5 Å². The van der Waals surface area contributed by atoms with Crippen LogP contribution in [0.3, 0.4) is 0 Å². The molecule has 18 heavy (non-hydrogen) atoms. The van der Waals surface area contributed by atoms with Gasteiger partial charge < -0.3 is 14.5 Å². The van der Waals surface area contributed by atoms with Gasteiger partial charge >= 0.3 is 0 Å². The molecule has 1 heterocycles. The minimum absolute atomic E-state index is 0.0800. The molecule has 5 heteroatoms. The highest BCUT2D eigenvalue weighted by Crippen LogP contribution is 2.20. The zero-order chi connectivity index (χ0) is 13.7. The van der Waals surface area contributed by atoms with E-state index >= 15 is 0 Å². The van der Waals surface area contributed by atoms with Gasteiger partial charge in [-0.3, -0.25) is 4.79 Å². The lowest BCUT2D eigenvalue weighted by molar-refractivity contribution is 0.0949. The number of carbonyl (C=O) groups excluding carboxylic acids is 1. The Morgan fingerprint density at radius 1 is 1.39 bits per heavy atom. The minimum Gasteiger partial charge on any atom is -0.466 e. The lowest BCUT2D eigenvalue weighted by Gasteiger charge is -2.09. The summed E-state index contributed by atoms with van der Waals surface area (Å²) in [5.74, 6) is 1.33. The smallest absolute Gasteiger partial charge is 0.255 e. The van der Waals surface area contributed by atoms with E-state index in [2.05, 4.69) is 5.32 Å². The lowest BCUT2D eigenvalue weighted by Crippen LogP contribution is -2.27. The highest BCUT2D eigenvalue weighted by atomic mass is 35.5. The Morgan fingerprint density at radius 2 is 2.06 bits per heavy atom. The van der Waals surface area contributed by atoms with Gasteiger partial charge in [-0.2, -0.15) is 0 Å². The Bertz CT molecular complexity index is 415. The van der Waals surface area contributed by atoms with Crippen molar-refractivity contribution >= 4 is 17.5 Å². The van der Waals surface area contributed by atoms with E-state index in [4.69, 9.17) is 20.8 Å². The van der Waals surface area contributed by atoms with Crippen LogP contribution in [0.15, 0.2) is 4.42 Å². The number of halogens is 1. The highest BCUT2D eigenvalue weighted by molar-refractivity contribution is 6.20. The van der Waals surface area contributed by atoms with Crippen molar-refractivity contribution in [3.05, 3.63) is 22.6 Å². The van der Waals surface area contributed by atoms with Gasteiger partial charge in [0.25, 0.3) is 5.91 Å². The molecule has 0 saturated heterocycles. The standard InChI is InChI=1S/C13H20ClNO3/c1-8-9(2)18-10(3)12(8)13(16)15-6-5-11(14)7-17-4/h11H,5-7H2,1-4H3,(H,15,16). The number of hydrogen-bond donors (Lipinski definition) is 1. The SMILES string of the molecule is COCC(Cl)CCNC(=O)c1c(C)oc(C)c1C. The second-order valence-electron chi connectivity index (χ2n) is 4.31. The third-order valence-electron chi connectivity index (χ3n) is 2.88. The Balaban J connectivity index is 2.51. The summed E-state index contributed by atoms with van der Waals surface area (Å²) in [6.45, 7) is 6.55. The van der Waals surface area contributed by atoms with Crippen molar-refractivity contribution < 1.29 is 13.9 Å². The number of amides is 1. The zero-order valence-electron chi connectivity index (χ0n) is 11.3. The molecule has 1 aromatic rings. The molecule has 0 bridgehead atoms. The van der Waals surface area contributed by atoms with Crippen molar-refractivity contribution in [3.63, 3.8) is 0 Å². The van der Waals surface area contributed by atoms with Gasteiger partial charge in [-0.15, -0.1) is 11.6 Å². The summed E-state index contributed by atoms with van der Waals surface area (Å²) in [4.78, 5) is 12.0. The maximum atomic E-state index is 12.0. The molecule has 1 amide bonds. The van der Waals surface area contributed by atoms with Gasteiger partial charge in [0.15, 0.2) is 0 Å². The number of ether oxygens (including phenoxy) is 1. The second-order valence-corrected chi connectivity index (χ2v) is 4.93. The molecule has 1 rings (SSSR count). The quantitative estimate of drug-likeness (QED) is 0.811. The lowest BCUT2D eigenvalue weighted by atomic mass is 10.1. The van der Waals surface area contributed by atoms with Crippen molar-refractivity contribution in [3.8, 4) is 0 Å². The molecule has 1 atom stereocenters. The van der Waals surface area contributed by atoms with E-state index in [9.17, 15) is 4.79 Å². The number of aryl methyl sites for hydroxylation is 2. The Labute approximate surface area is 113 Å². The Kier molecular flexibility index (Phi) is 5.69. The van der Waals surface area contributed by atoms with Gasteiger partial charge in [0, 0.05) is 19.2 Å². The van der Waals surface area contributed by atoms with Gasteiger partial charge in [0.1, 0.15) is 11.5 Å². The fourth-order valence-corrected chi connectivity index (χ4v) is 2.06. The third-order valence-corrected chi connectivity index (χ3v) is 3.22. The molecule has 1 unspecified atom stereocenters. The van der Waals surface area contributed by atoms with Gasteiger partial charge in [0.2, 0.25) is 0 Å². The van der Waals surface area contributed by atoms with E-state index in [1.807, 2.05) is 13.8 Å². The normalized spacial score (nSPS) is 12.5. The van der Waals surface area contributed by atoms with E-state index in [0.29, 0.717) is 30.9 Å². The van der Waals surface area contributed by atoms with Crippen molar-refractivity contribution in [2.45, 2.75) is 32.6 Å². The molecular formula is C13H20ClNO3. The Hall–Kier alpha value is -1.00. The average Bonchev–Trinajstić information content (AvgIpc) is 2.53. The molecule has 0 aliphatic rings. The molecule has 0 radical (unpaired) electrons. The number of furan rings is 1. The van der Waals surface area contributed by atoms with Crippen LogP contribution in [0, 0.1) is 20.8 Å². The van der Waals surface area contributed by atoms with Gasteiger partial charge in [-0.05, 0) is 27.2 Å². The summed E-state index contributed by atoms with van der Waals surface area (Å²) < 4.78 is 10.4. The van der Waals surface area contributed by atoms with Gasteiger partial charge in [-0.1, -0.05) is 0 Å². The molecule has 0 saturated carbocycles. The fourth-order valence-electron chi connectivity index (χ4n) is 1.82. The first kappa shape index (κ1) is 15.1. The van der Waals surface area contributed by atoms with Crippen molar-refractivity contribution in [2.75, 3.05) is 20.3 Å². The molecule has 1 aromatic heterocycles. The second kappa shape index (κ2) is 6.81. The number of rotatable bonds is 6. The zero-order valence-corrected chi connectivity index (χ0v) is 12.1. The number of methoxy groups -OCH3 is 1. The third kappa shape index (κ3) is 3.75. The van der Waals surface area contributed by atoms with Crippen molar-refractivity contribution in [2.24, 2.45) is 0 Å². The van der Waals surface area contributed by atoms with Crippen LogP contribution < -0.4 is 5.32 Å². The van der Waals surface area contributed by atoms with E-state index in [1.54, 1.807) is 14.0 Å². The molecule has 0 aromatic carbocycles.